The van der Waals surface area contributed by atoms with Crippen molar-refractivity contribution in [1.29, 1.82) is 0 Å². The third kappa shape index (κ3) is 3.64. The average Bonchev–Trinajstić information content (AvgIpc) is 3.22. The molecule has 0 bridgehead atoms. The van der Waals surface area contributed by atoms with E-state index in [4.69, 9.17) is 0 Å². The van der Waals surface area contributed by atoms with E-state index in [1.165, 1.54) is 23.7 Å². The molecule has 2 amide bonds. The van der Waals surface area contributed by atoms with E-state index in [1.54, 1.807) is 42.6 Å². The van der Waals surface area contributed by atoms with Crippen molar-refractivity contribution < 1.29 is 18.8 Å². The van der Waals surface area contributed by atoms with Gasteiger partial charge in [0.2, 0.25) is 5.91 Å². The van der Waals surface area contributed by atoms with E-state index in [-0.39, 0.29) is 29.8 Å². The summed E-state index contributed by atoms with van der Waals surface area (Å²) in [5, 5.41) is 9.71. The molecule has 2 N–H and O–H groups in total. The van der Waals surface area contributed by atoms with Gasteiger partial charge in [-0.1, -0.05) is 12.1 Å². The number of carbonyl (C=O) groups is 3. The largest absolute Gasteiger partial charge is 0.326 e. The van der Waals surface area contributed by atoms with Gasteiger partial charge in [-0.05, 0) is 48.9 Å². The Morgan fingerprint density at radius 1 is 1.14 bits per heavy atom. The van der Waals surface area contributed by atoms with Crippen molar-refractivity contribution in [2.75, 3.05) is 10.6 Å². The maximum absolute atomic E-state index is 13.2. The summed E-state index contributed by atoms with van der Waals surface area (Å²) in [6, 6.07) is 11.6. The van der Waals surface area contributed by atoms with E-state index in [1.807, 2.05) is 0 Å². The van der Waals surface area contributed by atoms with Gasteiger partial charge >= 0.3 is 0 Å². The SMILES string of the molecule is CC(=O)c1ccc(NC(=O)CC2C(=O)Nc3c(-c4ccc(F)cc4)cnn32)cc1. The maximum Gasteiger partial charge on any atom is 0.251 e. The summed E-state index contributed by atoms with van der Waals surface area (Å²) in [7, 11) is 0. The predicted molar refractivity (Wildman–Crippen MR) is 105 cm³/mol. The number of hydrogen-bond acceptors (Lipinski definition) is 4. The molecule has 0 saturated carbocycles. The van der Waals surface area contributed by atoms with Crippen molar-refractivity contribution in [1.82, 2.24) is 9.78 Å². The fourth-order valence-corrected chi connectivity index (χ4v) is 3.23. The molecule has 0 saturated heterocycles. The number of halogens is 1. The van der Waals surface area contributed by atoms with Crippen LogP contribution in [0.5, 0.6) is 0 Å². The molecule has 1 aliphatic heterocycles. The molecule has 0 aliphatic carbocycles. The van der Waals surface area contributed by atoms with E-state index >= 15 is 0 Å². The van der Waals surface area contributed by atoms with Gasteiger partial charge in [-0.15, -0.1) is 0 Å². The number of nitrogens with zero attached hydrogens (tertiary/aromatic N) is 2. The molecular weight excluding hydrogens is 375 g/mol. The molecule has 2 heterocycles. The monoisotopic (exact) mass is 392 g/mol. The van der Waals surface area contributed by atoms with Crippen LogP contribution in [0, 0.1) is 5.82 Å². The van der Waals surface area contributed by atoms with Gasteiger partial charge in [0.05, 0.1) is 12.6 Å². The van der Waals surface area contributed by atoms with Gasteiger partial charge in [-0.2, -0.15) is 5.10 Å². The fraction of sp³-hybridized carbons (Fsp3) is 0.143. The lowest BCUT2D eigenvalue weighted by Crippen LogP contribution is -2.23. The van der Waals surface area contributed by atoms with Crippen molar-refractivity contribution in [2.45, 2.75) is 19.4 Å². The van der Waals surface area contributed by atoms with Crippen LogP contribution in [0.25, 0.3) is 11.1 Å². The minimum Gasteiger partial charge on any atom is -0.326 e. The number of benzene rings is 2. The second-order valence-electron chi connectivity index (χ2n) is 6.75. The van der Waals surface area contributed by atoms with Gasteiger partial charge in [-0.3, -0.25) is 14.4 Å². The van der Waals surface area contributed by atoms with E-state index in [0.29, 0.717) is 28.2 Å². The molecule has 146 valence electrons. The number of ketones is 1. The Morgan fingerprint density at radius 3 is 2.48 bits per heavy atom. The van der Waals surface area contributed by atoms with Crippen LogP contribution in [0.15, 0.2) is 54.7 Å². The normalized spacial score (nSPS) is 15.0. The van der Waals surface area contributed by atoms with E-state index < -0.39 is 6.04 Å². The Balaban J connectivity index is 1.49. The van der Waals surface area contributed by atoms with Gasteiger partial charge in [0.25, 0.3) is 5.91 Å². The van der Waals surface area contributed by atoms with Crippen molar-refractivity contribution in [3.05, 3.63) is 66.1 Å². The molecule has 29 heavy (non-hydrogen) atoms. The number of aromatic nitrogens is 2. The zero-order valence-electron chi connectivity index (χ0n) is 15.5. The van der Waals surface area contributed by atoms with Crippen LogP contribution in [-0.4, -0.2) is 27.4 Å². The van der Waals surface area contributed by atoms with E-state index in [2.05, 4.69) is 15.7 Å². The lowest BCUT2D eigenvalue weighted by molar-refractivity contribution is -0.123. The fourth-order valence-electron chi connectivity index (χ4n) is 3.23. The summed E-state index contributed by atoms with van der Waals surface area (Å²) >= 11 is 0. The van der Waals surface area contributed by atoms with Crippen molar-refractivity contribution in [2.24, 2.45) is 0 Å². The lowest BCUT2D eigenvalue weighted by Gasteiger charge is -2.10. The number of rotatable bonds is 5. The average molecular weight is 392 g/mol. The third-order valence-corrected chi connectivity index (χ3v) is 4.74. The first kappa shape index (κ1) is 18.5. The van der Waals surface area contributed by atoms with Crippen LogP contribution < -0.4 is 10.6 Å². The highest BCUT2D eigenvalue weighted by Crippen LogP contribution is 2.35. The Bertz CT molecular complexity index is 1100. The van der Waals surface area contributed by atoms with Gasteiger partial charge in [0, 0.05) is 16.8 Å². The summed E-state index contributed by atoms with van der Waals surface area (Å²) in [4.78, 5) is 36.1. The molecule has 0 radical (unpaired) electrons. The number of carbonyl (C=O) groups excluding carboxylic acids is 3. The van der Waals surface area contributed by atoms with Gasteiger partial charge in [0.15, 0.2) is 5.78 Å². The van der Waals surface area contributed by atoms with Crippen LogP contribution >= 0.6 is 0 Å². The van der Waals surface area contributed by atoms with Crippen LogP contribution in [0.3, 0.4) is 0 Å². The molecule has 1 atom stereocenters. The van der Waals surface area contributed by atoms with E-state index in [0.717, 1.165) is 0 Å². The smallest absolute Gasteiger partial charge is 0.251 e. The van der Waals surface area contributed by atoms with Crippen molar-refractivity contribution >= 4 is 29.1 Å². The molecular formula is C21H17FN4O3. The van der Waals surface area contributed by atoms with Crippen LogP contribution in [-0.2, 0) is 9.59 Å². The van der Waals surface area contributed by atoms with Gasteiger partial charge in [-0.25, -0.2) is 9.07 Å². The number of fused-ring (bicyclic) bond motifs is 1. The topological polar surface area (TPSA) is 93.1 Å². The molecule has 8 heteroatoms. The zero-order chi connectivity index (χ0) is 20.5. The van der Waals surface area contributed by atoms with Crippen LogP contribution in [0.4, 0.5) is 15.9 Å². The molecule has 2 aromatic carbocycles. The molecule has 4 rings (SSSR count). The molecule has 1 unspecified atom stereocenters. The minimum atomic E-state index is -0.782. The summed E-state index contributed by atoms with van der Waals surface area (Å²) in [6.07, 6.45) is 1.48. The molecule has 3 aromatic rings. The molecule has 0 spiro atoms. The highest BCUT2D eigenvalue weighted by atomic mass is 19.1. The second kappa shape index (κ2) is 7.31. The highest BCUT2D eigenvalue weighted by Gasteiger charge is 2.35. The summed E-state index contributed by atoms with van der Waals surface area (Å²) in [5.74, 6) is -0.627. The standard InChI is InChI=1S/C21H17FN4O3/c1-12(27)13-4-8-16(9-5-13)24-19(28)10-18-21(29)25-20-17(11-23-26(18)20)14-2-6-15(22)7-3-14/h2-9,11,18H,10H2,1H3,(H,24,28)(H,25,29). The molecule has 1 aromatic heterocycles. The van der Waals surface area contributed by atoms with Crippen LogP contribution in [0.2, 0.25) is 0 Å². The second-order valence-corrected chi connectivity index (χ2v) is 6.75. The maximum atomic E-state index is 13.2. The Hall–Kier alpha value is -3.81. The minimum absolute atomic E-state index is 0.0614. The quantitative estimate of drug-likeness (QED) is 0.651. The Labute approximate surface area is 165 Å². The number of anilines is 2. The van der Waals surface area contributed by atoms with Crippen LogP contribution in [0.1, 0.15) is 29.7 Å². The molecule has 1 aliphatic rings. The number of nitrogens with one attached hydrogen (secondary N) is 2. The first-order valence-electron chi connectivity index (χ1n) is 8.97. The zero-order valence-corrected chi connectivity index (χ0v) is 15.5. The first-order chi connectivity index (χ1) is 13.9. The number of amides is 2. The Morgan fingerprint density at radius 2 is 1.83 bits per heavy atom. The highest BCUT2D eigenvalue weighted by molar-refractivity contribution is 6.04. The predicted octanol–water partition coefficient (Wildman–Crippen LogP) is 3.41. The van der Waals surface area contributed by atoms with Crippen molar-refractivity contribution in [3.63, 3.8) is 0 Å². The lowest BCUT2D eigenvalue weighted by atomic mass is 10.1. The van der Waals surface area contributed by atoms with Gasteiger partial charge in [0.1, 0.15) is 17.7 Å². The summed E-state index contributed by atoms with van der Waals surface area (Å²) in [6.45, 7) is 1.47. The summed E-state index contributed by atoms with van der Waals surface area (Å²) in [5.41, 5.74) is 2.45. The van der Waals surface area contributed by atoms with Crippen molar-refractivity contribution in [3.8, 4) is 11.1 Å². The van der Waals surface area contributed by atoms with Gasteiger partial charge < -0.3 is 10.6 Å². The molecule has 0 fully saturated rings. The first-order valence-corrected chi connectivity index (χ1v) is 8.97. The van der Waals surface area contributed by atoms with E-state index in [9.17, 15) is 18.8 Å². The number of hydrogen-bond donors (Lipinski definition) is 2. The molecule has 7 nitrogen and oxygen atoms in total. The third-order valence-electron chi connectivity index (χ3n) is 4.74. The number of Topliss-reactive ketones (excluding diaryl/α,β-unsaturated/α-hetero) is 1. The Kier molecular flexibility index (Phi) is 4.67. The summed E-state index contributed by atoms with van der Waals surface area (Å²) < 4.78 is 14.6.